The molecule has 3 fully saturated rings. The summed E-state index contributed by atoms with van der Waals surface area (Å²) in [6.07, 6.45) is 31.3. The zero-order valence-corrected chi connectivity index (χ0v) is 69.3. The van der Waals surface area contributed by atoms with Gasteiger partial charge in [0.1, 0.15) is 44.7 Å². The predicted octanol–water partition coefficient (Wildman–Crippen LogP) is 12.5. The van der Waals surface area contributed by atoms with Gasteiger partial charge in [-0.25, -0.2) is 79.7 Å². The molecule has 15 rings (SSSR count). The summed E-state index contributed by atoms with van der Waals surface area (Å²) in [5.74, 6) is 14.0. The Balaban J connectivity index is 0.000000143. The topological polar surface area (TPSA) is 430 Å². The van der Waals surface area contributed by atoms with E-state index in [1.165, 1.54) is 25.7 Å². The van der Waals surface area contributed by atoms with Gasteiger partial charge in [-0.1, -0.05) is 125 Å². The van der Waals surface area contributed by atoms with Gasteiger partial charge in [-0.2, -0.15) is 9.97 Å². The summed E-state index contributed by atoms with van der Waals surface area (Å²) in [6, 6.07) is 1.01. The fourth-order valence-corrected chi connectivity index (χ4v) is 11.9. The molecule has 0 bridgehead atoms. The number of imidazole rings is 6. The summed E-state index contributed by atoms with van der Waals surface area (Å²) in [4.78, 5) is 80.2. The lowest BCUT2D eigenvalue weighted by Gasteiger charge is -2.29. The van der Waals surface area contributed by atoms with E-state index in [0.29, 0.717) is 128 Å². The Bertz CT molecular complexity index is 5360. The van der Waals surface area contributed by atoms with Crippen LogP contribution in [-0.2, 0) is 17.8 Å². The Morgan fingerprint density at radius 2 is 0.616 bits per heavy atom. The second kappa shape index (κ2) is 32.1. The van der Waals surface area contributed by atoms with Crippen molar-refractivity contribution in [1.82, 2.24) is 117 Å². The molecular weight excluding hydrogens is 1410 g/mol. The first-order valence-corrected chi connectivity index (χ1v) is 38.0. The third-order valence-corrected chi connectivity index (χ3v) is 20.3. The number of terminal acetylenes is 3. The highest BCUT2D eigenvalue weighted by Gasteiger charge is 2.33. The van der Waals surface area contributed by atoms with Crippen LogP contribution in [0.5, 0.6) is 0 Å². The van der Waals surface area contributed by atoms with Crippen LogP contribution in [0.4, 0.5) is 40.9 Å². The van der Waals surface area contributed by atoms with Crippen LogP contribution in [0, 0.1) is 69.5 Å². The highest BCUT2D eigenvalue weighted by Crippen LogP contribution is 2.42. The van der Waals surface area contributed by atoms with Crippen LogP contribution >= 0.6 is 0 Å². The Morgan fingerprint density at radius 3 is 0.920 bits per heavy atom. The van der Waals surface area contributed by atoms with Gasteiger partial charge in [0.2, 0.25) is 23.4 Å². The first-order chi connectivity index (χ1) is 52.3. The van der Waals surface area contributed by atoms with E-state index in [-0.39, 0.29) is 50.6 Å². The second-order valence-corrected chi connectivity index (χ2v) is 35.9. The summed E-state index contributed by atoms with van der Waals surface area (Å²) < 4.78 is 17.6. The molecule has 32 heteroatoms. The number of ether oxygens (including phenoxy) is 1. The molecule has 0 amide bonds. The van der Waals surface area contributed by atoms with Gasteiger partial charge in [0.15, 0.2) is 68.8 Å². The van der Waals surface area contributed by atoms with Crippen LogP contribution in [0.2, 0.25) is 0 Å². The van der Waals surface area contributed by atoms with Crippen molar-refractivity contribution in [3.8, 4) is 37.0 Å². The van der Waals surface area contributed by atoms with Gasteiger partial charge in [0.05, 0.1) is 51.2 Å². The van der Waals surface area contributed by atoms with Crippen molar-refractivity contribution in [2.24, 2.45) is 32.5 Å². The number of fused-ring (bicyclic) bond motifs is 6. The first-order valence-electron chi connectivity index (χ1n) is 38.0. The molecule has 3 aliphatic rings. The molecule has 12 aromatic rings. The molecule has 4 atom stereocenters. The van der Waals surface area contributed by atoms with Crippen molar-refractivity contribution in [2.45, 2.75) is 227 Å². The SMILES string of the molecule is C#Cc1nc(N)c2ncn(CC(C)(C)C)c2n1.C#Cc1nc(N)c2ncn([C@@H](C)C(C)(C)C)c2n1.C#Cc1nc(N)c2ncn([C@H](C)C(C)(C)C)c2n1.CC(C)(C)Cn1cnc2c(N)nc(C3CC3)nc21.C[C@@H](n1cnc2c(N)nc(N3CCOCC3)nc21)C(C)(C)C.C[C@H](n1cnc2c(N)nc(C3CC3)nc21)C(C)(C)C. The molecule has 0 unspecified atom stereocenters. The smallest absolute Gasteiger partial charge is 0.229 e. The van der Waals surface area contributed by atoms with Crippen LogP contribution in [0.25, 0.3) is 67.0 Å². The van der Waals surface area contributed by atoms with E-state index >= 15 is 0 Å². The van der Waals surface area contributed by atoms with Crippen LogP contribution in [-0.4, -0.2) is 143 Å². The Morgan fingerprint density at radius 1 is 0.357 bits per heavy atom. The number of hydrogen-bond acceptors (Lipinski definition) is 26. The molecule has 12 aromatic heterocycles. The van der Waals surface area contributed by atoms with Crippen LogP contribution in [0.1, 0.15) is 243 Å². The molecular formula is C80H113N31O. The van der Waals surface area contributed by atoms with Gasteiger partial charge < -0.3 is 71.4 Å². The van der Waals surface area contributed by atoms with E-state index in [0.717, 1.165) is 65.8 Å². The quantitative estimate of drug-likeness (QED) is 0.0731. The van der Waals surface area contributed by atoms with Crippen LogP contribution < -0.4 is 39.3 Å². The molecule has 1 aliphatic heterocycles. The van der Waals surface area contributed by atoms with E-state index in [2.05, 4.69) is 268 Å². The maximum atomic E-state index is 6.10. The number of nitrogen functional groups attached to an aromatic ring is 6. The maximum absolute atomic E-state index is 6.10. The van der Waals surface area contributed by atoms with Crippen molar-refractivity contribution in [3.63, 3.8) is 0 Å². The summed E-state index contributed by atoms with van der Waals surface area (Å²) in [7, 11) is 0. The zero-order chi connectivity index (χ0) is 82.2. The van der Waals surface area contributed by atoms with Gasteiger partial charge >= 0.3 is 0 Å². The summed E-state index contributed by atoms with van der Waals surface area (Å²) in [5, 5.41) is 0. The predicted molar refractivity (Wildman–Crippen MR) is 445 cm³/mol. The molecule has 594 valence electrons. The second-order valence-electron chi connectivity index (χ2n) is 35.9. The molecule has 0 radical (unpaired) electrons. The summed E-state index contributed by atoms with van der Waals surface area (Å²) in [6.45, 7) is 52.5. The molecule has 112 heavy (non-hydrogen) atoms. The Hall–Kier alpha value is -11.5. The maximum Gasteiger partial charge on any atom is 0.229 e. The Labute approximate surface area is 655 Å². The molecule has 0 aromatic carbocycles. The standard InChI is InChI=1S/C15H24N6O.C14H21N5.C13H19N5.2C13H17N5.C12H15N5/c1-10(15(2,3)4)21-9-17-11-12(16)18-14(19-13(11)21)20-5-7-22-8-6-20;1-8(14(2,3)4)19-7-16-10-11(15)17-12(9-5-6-9)18-13(10)19;1-13(2,3)6-18-7-15-9-10(14)16-11(8-4-5-8)17-12(9)18;2*1-6-9-16-11(14)10-12(17-9)18(7-15-10)8(2)13(3,4)5;1-5-8-15-10(13)9-11(16-8)17(7-14-9)6-12(2,3)4/h9-10H,5-8H2,1-4H3,(H2,16,18,19);7-9H,5-6H2,1-4H3,(H2,15,17,18);7-8H,4-6H2,1-3H3,(H2,14,16,17);2*1,7-8H,2-5H3,(H2,14,16,17);1,7H,6H2,2-4H3,(H2,13,15,16)/t10-;8-;;2*8-;/m10.10./s1. The van der Waals surface area contributed by atoms with Gasteiger partial charge in [-0.05, 0) is 104 Å². The average molecular weight is 1520 g/mol. The third kappa shape index (κ3) is 19.3. The molecule has 1 saturated heterocycles. The molecule has 12 N–H and O–H groups in total. The minimum atomic E-state index is 0.0870. The highest BCUT2D eigenvalue weighted by molar-refractivity contribution is 5.86. The summed E-state index contributed by atoms with van der Waals surface area (Å²) >= 11 is 0. The number of rotatable bonds is 9. The van der Waals surface area contributed by atoms with Crippen LogP contribution in [0.3, 0.4) is 0 Å². The number of nitrogens with two attached hydrogens (primary N) is 6. The minimum Gasteiger partial charge on any atom is -0.382 e. The number of nitrogens with zero attached hydrogens (tertiary/aromatic N) is 25. The van der Waals surface area contributed by atoms with Crippen molar-refractivity contribution in [2.75, 3.05) is 65.6 Å². The van der Waals surface area contributed by atoms with E-state index in [1.807, 2.05) is 32.7 Å². The third-order valence-electron chi connectivity index (χ3n) is 20.3. The number of aromatic nitrogens is 24. The number of morpholine rings is 1. The molecule has 2 aliphatic carbocycles. The minimum absolute atomic E-state index is 0.0870. The fourth-order valence-electron chi connectivity index (χ4n) is 11.9. The monoisotopic (exact) mass is 1520 g/mol. The number of hydrogen-bond donors (Lipinski definition) is 6. The normalized spacial score (nSPS) is 15.3. The largest absolute Gasteiger partial charge is 0.382 e. The van der Waals surface area contributed by atoms with Crippen molar-refractivity contribution < 1.29 is 4.74 Å². The molecule has 2 saturated carbocycles. The van der Waals surface area contributed by atoms with Gasteiger partial charge in [0, 0.05) is 62.2 Å². The highest BCUT2D eigenvalue weighted by atomic mass is 16.5. The van der Waals surface area contributed by atoms with E-state index in [1.54, 1.807) is 19.0 Å². The van der Waals surface area contributed by atoms with E-state index in [9.17, 15) is 0 Å². The lowest BCUT2D eigenvalue weighted by molar-refractivity contribution is 0.122. The molecule has 13 heterocycles. The zero-order valence-electron chi connectivity index (χ0n) is 69.3. The summed E-state index contributed by atoms with van der Waals surface area (Å²) in [5.41, 5.74) is 44.8. The van der Waals surface area contributed by atoms with E-state index in [4.69, 9.17) is 68.4 Å². The van der Waals surface area contributed by atoms with Crippen molar-refractivity contribution in [1.29, 1.82) is 0 Å². The van der Waals surface area contributed by atoms with Crippen molar-refractivity contribution in [3.05, 3.63) is 67.1 Å². The molecule has 32 nitrogen and oxygen atoms in total. The van der Waals surface area contributed by atoms with Gasteiger partial charge in [-0.3, -0.25) is 0 Å². The molecule has 0 spiro atoms. The lowest BCUT2D eigenvalue weighted by Crippen LogP contribution is -2.37. The fraction of sp³-hybridized carbons (Fsp3) is 0.550. The van der Waals surface area contributed by atoms with Crippen LogP contribution in [0.15, 0.2) is 38.0 Å². The Kier molecular flexibility index (Phi) is 23.8. The average Bonchev–Trinajstić information content (AvgIpc) is 1.63. The lowest BCUT2D eigenvalue weighted by atomic mass is 9.88. The first kappa shape index (κ1) is 83.0. The van der Waals surface area contributed by atoms with Gasteiger partial charge in [0.25, 0.3) is 0 Å². The number of anilines is 7. The van der Waals surface area contributed by atoms with Crippen molar-refractivity contribution >= 4 is 108 Å². The van der Waals surface area contributed by atoms with Gasteiger partial charge in [-0.15, -0.1) is 19.3 Å². The van der Waals surface area contributed by atoms with E-state index < -0.39 is 0 Å².